The fourth-order valence-electron chi connectivity index (χ4n) is 2.34. The van der Waals surface area contributed by atoms with Crippen molar-refractivity contribution >= 4 is 5.69 Å². The van der Waals surface area contributed by atoms with Crippen LogP contribution in [0, 0.1) is 18.3 Å². The van der Waals surface area contributed by atoms with E-state index in [9.17, 15) is 0 Å². The molecule has 126 valence electrons. The van der Waals surface area contributed by atoms with E-state index in [-0.39, 0.29) is 6.04 Å². The molecule has 0 spiro atoms. The Hall–Kier alpha value is -3.33. The van der Waals surface area contributed by atoms with E-state index < -0.39 is 0 Å². The molecule has 1 aromatic heterocycles. The van der Waals surface area contributed by atoms with E-state index in [1.54, 1.807) is 13.0 Å². The number of anilines is 1. The average Bonchev–Trinajstić information content (AvgIpc) is 3.08. The van der Waals surface area contributed by atoms with Crippen LogP contribution in [0.3, 0.4) is 0 Å². The molecular formula is C19H18N4O2. The molecule has 0 amide bonds. The highest BCUT2D eigenvalue weighted by atomic mass is 16.5. The zero-order valence-electron chi connectivity index (χ0n) is 14.1. The van der Waals surface area contributed by atoms with Gasteiger partial charge in [0.25, 0.3) is 0 Å². The van der Waals surface area contributed by atoms with Gasteiger partial charge in [0, 0.05) is 12.6 Å². The minimum absolute atomic E-state index is 0.0818. The summed E-state index contributed by atoms with van der Waals surface area (Å²) >= 11 is 0. The second kappa shape index (κ2) is 7.49. The lowest BCUT2D eigenvalue weighted by Gasteiger charge is -2.12. The Morgan fingerprint density at radius 1 is 1.20 bits per heavy atom. The maximum Gasteiger partial charge on any atom is 0.238 e. The summed E-state index contributed by atoms with van der Waals surface area (Å²) in [6, 6.07) is 17.1. The lowest BCUT2D eigenvalue weighted by atomic mass is 10.1. The molecule has 1 atom stereocenters. The molecule has 0 unspecified atom stereocenters. The van der Waals surface area contributed by atoms with Gasteiger partial charge in [-0.15, -0.1) is 10.2 Å². The van der Waals surface area contributed by atoms with Gasteiger partial charge in [0.05, 0.1) is 11.6 Å². The van der Waals surface area contributed by atoms with E-state index >= 15 is 0 Å². The van der Waals surface area contributed by atoms with Crippen LogP contribution in [0.2, 0.25) is 0 Å². The van der Waals surface area contributed by atoms with Crippen LogP contribution in [0.4, 0.5) is 5.69 Å². The van der Waals surface area contributed by atoms with Gasteiger partial charge in [-0.3, -0.25) is 0 Å². The average molecular weight is 334 g/mol. The number of hydrogen-bond acceptors (Lipinski definition) is 6. The van der Waals surface area contributed by atoms with Crippen molar-refractivity contribution in [2.75, 3.05) is 5.32 Å². The standard InChI is InChI=1S/C19H18N4O2/c1-13(19-23-22-14(2)25-19)21-17-6-8-18(9-7-17)24-12-16-5-3-4-15(10-16)11-20/h3-10,13,21H,12H2,1-2H3/t13-/m0/s1. The van der Waals surface area contributed by atoms with Gasteiger partial charge in [0.15, 0.2) is 0 Å². The number of nitriles is 1. The second-order valence-corrected chi connectivity index (χ2v) is 5.65. The summed E-state index contributed by atoms with van der Waals surface area (Å²) in [5.41, 5.74) is 2.52. The number of aromatic nitrogens is 2. The molecule has 2 aromatic carbocycles. The molecular weight excluding hydrogens is 316 g/mol. The Morgan fingerprint density at radius 3 is 2.68 bits per heavy atom. The number of ether oxygens (including phenoxy) is 1. The van der Waals surface area contributed by atoms with Crippen molar-refractivity contribution in [2.24, 2.45) is 0 Å². The molecule has 3 aromatic rings. The van der Waals surface area contributed by atoms with Crippen LogP contribution in [0.15, 0.2) is 52.9 Å². The summed E-state index contributed by atoms with van der Waals surface area (Å²) in [6.45, 7) is 4.14. The largest absolute Gasteiger partial charge is 0.489 e. The van der Waals surface area contributed by atoms with Crippen LogP contribution >= 0.6 is 0 Å². The maximum atomic E-state index is 8.92. The van der Waals surface area contributed by atoms with Crippen molar-refractivity contribution in [3.63, 3.8) is 0 Å². The van der Waals surface area contributed by atoms with Crippen molar-refractivity contribution in [3.8, 4) is 11.8 Å². The summed E-state index contributed by atoms with van der Waals surface area (Å²) in [4.78, 5) is 0. The lowest BCUT2D eigenvalue weighted by Crippen LogP contribution is -2.07. The third-order valence-electron chi connectivity index (χ3n) is 3.61. The minimum atomic E-state index is -0.0818. The highest BCUT2D eigenvalue weighted by Gasteiger charge is 2.12. The second-order valence-electron chi connectivity index (χ2n) is 5.65. The van der Waals surface area contributed by atoms with Gasteiger partial charge < -0.3 is 14.5 Å². The number of rotatable bonds is 6. The predicted molar refractivity (Wildman–Crippen MR) is 93.0 cm³/mol. The van der Waals surface area contributed by atoms with Crippen molar-refractivity contribution in [1.29, 1.82) is 5.26 Å². The molecule has 25 heavy (non-hydrogen) atoms. The fraction of sp³-hybridized carbons (Fsp3) is 0.211. The molecule has 3 rings (SSSR count). The highest BCUT2D eigenvalue weighted by molar-refractivity contribution is 5.47. The van der Waals surface area contributed by atoms with Crippen molar-refractivity contribution < 1.29 is 9.15 Å². The minimum Gasteiger partial charge on any atom is -0.489 e. The van der Waals surface area contributed by atoms with Gasteiger partial charge in [-0.1, -0.05) is 12.1 Å². The Balaban J connectivity index is 1.57. The molecule has 1 N–H and O–H groups in total. The van der Waals surface area contributed by atoms with E-state index in [1.807, 2.05) is 49.4 Å². The van der Waals surface area contributed by atoms with Gasteiger partial charge in [-0.05, 0) is 48.9 Å². The topological polar surface area (TPSA) is 84.0 Å². The first-order chi connectivity index (χ1) is 12.1. The number of hydrogen-bond donors (Lipinski definition) is 1. The Labute approximate surface area is 146 Å². The van der Waals surface area contributed by atoms with E-state index in [2.05, 4.69) is 21.6 Å². The lowest BCUT2D eigenvalue weighted by molar-refractivity contribution is 0.306. The number of benzene rings is 2. The summed E-state index contributed by atoms with van der Waals surface area (Å²) in [5, 5.41) is 20.1. The zero-order chi connectivity index (χ0) is 17.6. The van der Waals surface area contributed by atoms with Crippen molar-refractivity contribution in [2.45, 2.75) is 26.5 Å². The number of nitrogens with one attached hydrogen (secondary N) is 1. The van der Waals surface area contributed by atoms with Crippen molar-refractivity contribution in [3.05, 3.63) is 71.4 Å². The van der Waals surface area contributed by atoms with Gasteiger partial charge in [-0.2, -0.15) is 5.26 Å². The summed E-state index contributed by atoms with van der Waals surface area (Å²) in [5.74, 6) is 1.86. The summed E-state index contributed by atoms with van der Waals surface area (Å²) in [6.07, 6.45) is 0. The molecule has 0 aliphatic carbocycles. The molecule has 0 bridgehead atoms. The zero-order valence-corrected chi connectivity index (χ0v) is 14.1. The first-order valence-corrected chi connectivity index (χ1v) is 7.92. The third kappa shape index (κ3) is 4.36. The molecule has 0 aliphatic rings. The van der Waals surface area contributed by atoms with Gasteiger partial charge in [-0.25, -0.2) is 0 Å². The summed E-state index contributed by atoms with van der Waals surface area (Å²) in [7, 11) is 0. The predicted octanol–water partition coefficient (Wildman–Crippen LogP) is 4.00. The SMILES string of the molecule is Cc1nnc([C@H](C)Nc2ccc(OCc3cccc(C#N)c3)cc2)o1. The number of aryl methyl sites for hydroxylation is 1. The maximum absolute atomic E-state index is 8.92. The van der Waals surface area contributed by atoms with Crippen LogP contribution in [-0.4, -0.2) is 10.2 Å². The van der Waals surface area contributed by atoms with E-state index in [1.165, 1.54) is 0 Å². The third-order valence-corrected chi connectivity index (χ3v) is 3.61. The van der Waals surface area contributed by atoms with Crippen LogP contribution < -0.4 is 10.1 Å². The molecule has 0 fully saturated rings. The van der Waals surface area contributed by atoms with Gasteiger partial charge >= 0.3 is 0 Å². The van der Waals surface area contributed by atoms with E-state index in [0.717, 1.165) is 17.0 Å². The van der Waals surface area contributed by atoms with Gasteiger partial charge in [0.1, 0.15) is 18.4 Å². The molecule has 0 saturated carbocycles. The quantitative estimate of drug-likeness (QED) is 0.733. The first-order valence-electron chi connectivity index (χ1n) is 7.92. The smallest absolute Gasteiger partial charge is 0.238 e. The molecule has 0 radical (unpaired) electrons. The highest BCUT2D eigenvalue weighted by Crippen LogP contribution is 2.21. The number of nitrogens with zero attached hydrogens (tertiary/aromatic N) is 3. The molecule has 6 nitrogen and oxygen atoms in total. The van der Waals surface area contributed by atoms with E-state index in [4.69, 9.17) is 14.4 Å². The Morgan fingerprint density at radius 2 is 2.00 bits per heavy atom. The van der Waals surface area contributed by atoms with E-state index in [0.29, 0.717) is 24.0 Å². The van der Waals surface area contributed by atoms with Crippen LogP contribution in [0.25, 0.3) is 0 Å². The monoisotopic (exact) mass is 334 g/mol. The molecule has 0 saturated heterocycles. The normalized spacial score (nSPS) is 11.6. The van der Waals surface area contributed by atoms with Crippen LogP contribution in [-0.2, 0) is 6.61 Å². The molecule has 0 aliphatic heterocycles. The van der Waals surface area contributed by atoms with Gasteiger partial charge in [0.2, 0.25) is 11.8 Å². The molecule has 1 heterocycles. The van der Waals surface area contributed by atoms with Crippen molar-refractivity contribution in [1.82, 2.24) is 10.2 Å². The van der Waals surface area contributed by atoms with Crippen LogP contribution in [0.5, 0.6) is 5.75 Å². The van der Waals surface area contributed by atoms with Crippen LogP contribution in [0.1, 0.15) is 35.9 Å². The summed E-state index contributed by atoms with van der Waals surface area (Å²) < 4.78 is 11.2. The fourth-order valence-corrected chi connectivity index (χ4v) is 2.34. The Bertz CT molecular complexity index is 881. The molecule has 6 heteroatoms. The first kappa shape index (κ1) is 16.5. The Kier molecular flexibility index (Phi) is 4.95.